The van der Waals surface area contributed by atoms with E-state index in [-0.39, 0.29) is 23.4 Å². The van der Waals surface area contributed by atoms with Gasteiger partial charge in [-0.3, -0.25) is 14.3 Å². The van der Waals surface area contributed by atoms with Crippen molar-refractivity contribution >= 4 is 17.7 Å². The largest absolute Gasteiger partial charge is 0.416 e. The van der Waals surface area contributed by atoms with Crippen molar-refractivity contribution < 1.29 is 18.0 Å². The molecule has 3 heterocycles. The number of benzene rings is 1. The van der Waals surface area contributed by atoms with Crippen molar-refractivity contribution in [3.63, 3.8) is 0 Å². The molecule has 1 aliphatic rings. The zero-order chi connectivity index (χ0) is 22.7. The Morgan fingerprint density at radius 2 is 2.03 bits per heavy atom. The smallest absolute Gasteiger partial charge is 0.339 e. The minimum Gasteiger partial charge on any atom is -0.339 e. The second-order valence-corrected chi connectivity index (χ2v) is 8.59. The van der Waals surface area contributed by atoms with E-state index in [0.29, 0.717) is 16.5 Å². The molecule has 1 aromatic carbocycles. The summed E-state index contributed by atoms with van der Waals surface area (Å²) in [6.07, 6.45) is 1.75. The summed E-state index contributed by atoms with van der Waals surface area (Å²) < 4.78 is 41.5. The van der Waals surface area contributed by atoms with Gasteiger partial charge in [0.15, 0.2) is 11.0 Å². The number of thioether (sulfide) groups is 1. The average Bonchev–Trinajstić information content (AvgIpc) is 3.22. The van der Waals surface area contributed by atoms with Gasteiger partial charge in [-0.1, -0.05) is 17.8 Å². The number of pyridine rings is 1. The van der Waals surface area contributed by atoms with Crippen molar-refractivity contribution in [3.05, 3.63) is 54.4 Å². The lowest BCUT2D eigenvalue weighted by Crippen LogP contribution is -2.42. The van der Waals surface area contributed by atoms with Crippen LogP contribution < -0.4 is 0 Å². The molecule has 4 rings (SSSR count). The predicted molar refractivity (Wildman–Crippen MR) is 115 cm³/mol. The molecule has 1 fully saturated rings. The molecule has 0 unspecified atom stereocenters. The lowest BCUT2D eigenvalue weighted by molar-refractivity contribution is -0.137. The van der Waals surface area contributed by atoms with Crippen LogP contribution in [-0.2, 0) is 11.0 Å². The first-order chi connectivity index (χ1) is 15.3. The first-order valence-corrected chi connectivity index (χ1v) is 11.3. The highest BCUT2D eigenvalue weighted by Gasteiger charge is 2.31. The van der Waals surface area contributed by atoms with Crippen molar-refractivity contribution in [2.75, 3.05) is 12.3 Å². The van der Waals surface area contributed by atoms with E-state index in [0.717, 1.165) is 37.9 Å². The van der Waals surface area contributed by atoms with E-state index >= 15 is 0 Å². The molecule has 168 valence electrons. The molecule has 32 heavy (non-hydrogen) atoms. The van der Waals surface area contributed by atoms with Gasteiger partial charge in [0.1, 0.15) is 0 Å². The number of aromatic nitrogens is 4. The Balaban J connectivity index is 1.68. The third-order valence-corrected chi connectivity index (χ3v) is 6.35. The van der Waals surface area contributed by atoms with Gasteiger partial charge in [0, 0.05) is 30.5 Å². The highest BCUT2D eigenvalue weighted by atomic mass is 32.2. The number of hydrogen-bond acceptors (Lipinski definition) is 5. The molecule has 0 N–H and O–H groups in total. The minimum atomic E-state index is -4.48. The van der Waals surface area contributed by atoms with Gasteiger partial charge in [0.05, 0.1) is 17.0 Å². The molecule has 3 aromatic rings. The van der Waals surface area contributed by atoms with Crippen LogP contribution in [0.15, 0.2) is 53.9 Å². The number of halogens is 3. The Morgan fingerprint density at radius 1 is 1.19 bits per heavy atom. The van der Waals surface area contributed by atoms with Crippen LogP contribution in [0.3, 0.4) is 0 Å². The Bertz CT molecular complexity index is 1090. The molecule has 0 spiro atoms. The maximum Gasteiger partial charge on any atom is 0.416 e. The van der Waals surface area contributed by atoms with Crippen molar-refractivity contribution in [3.8, 4) is 17.1 Å². The number of nitrogens with zero attached hydrogens (tertiary/aromatic N) is 5. The van der Waals surface area contributed by atoms with Gasteiger partial charge in [-0.2, -0.15) is 13.2 Å². The van der Waals surface area contributed by atoms with Crippen LogP contribution in [0.5, 0.6) is 0 Å². The molecular weight excluding hydrogens is 439 g/mol. The van der Waals surface area contributed by atoms with E-state index in [1.54, 1.807) is 35.2 Å². The fraction of sp³-hybridized carbons (Fsp3) is 0.364. The Morgan fingerprint density at radius 3 is 2.75 bits per heavy atom. The third kappa shape index (κ3) is 4.79. The summed E-state index contributed by atoms with van der Waals surface area (Å²) in [5.74, 6) is 0.483. The zero-order valence-electron chi connectivity index (χ0n) is 17.4. The van der Waals surface area contributed by atoms with E-state index in [4.69, 9.17) is 0 Å². The van der Waals surface area contributed by atoms with Crippen LogP contribution in [0.1, 0.15) is 31.7 Å². The topological polar surface area (TPSA) is 63.9 Å². The maximum absolute atomic E-state index is 13.3. The van der Waals surface area contributed by atoms with Gasteiger partial charge in [0.2, 0.25) is 5.91 Å². The van der Waals surface area contributed by atoms with E-state index in [2.05, 4.69) is 15.2 Å². The Kier molecular flexibility index (Phi) is 6.50. The first kappa shape index (κ1) is 22.3. The summed E-state index contributed by atoms with van der Waals surface area (Å²) in [5.41, 5.74) is 0.111. The average molecular weight is 462 g/mol. The summed E-state index contributed by atoms with van der Waals surface area (Å²) in [4.78, 5) is 18.7. The highest BCUT2D eigenvalue weighted by molar-refractivity contribution is 7.99. The number of carbonyl (C=O) groups is 1. The van der Waals surface area contributed by atoms with Crippen molar-refractivity contribution in [2.24, 2.45) is 0 Å². The lowest BCUT2D eigenvalue weighted by atomic mass is 10.0. The van der Waals surface area contributed by atoms with Crippen LogP contribution in [0.4, 0.5) is 13.2 Å². The summed E-state index contributed by atoms with van der Waals surface area (Å²) in [6.45, 7) is 2.76. The third-order valence-electron chi connectivity index (χ3n) is 5.43. The molecule has 0 aliphatic carbocycles. The van der Waals surface area contributed by atoms with Gasteiger partial charge in [0.25, 0.3) is 0 Å². The van der Waals surface area contributed by atoms with Gasteiger partial charge in [-0.15, -0.1) is 10.2 Å². The first-order valence-electron chi connectivity index (χ1n) is 10.3. The number of piperidine rings is 1. The fourth-order valence-corrected chi connectivity index (χ4v) is 4.62. The number of rotatable bonds is 5. The van der Waals surface area contributed by atoms with E-state index < -0.39 is 11.7 Å². The minimum absolute atomic E-state index is 0.0104. The lowest BCUT2D eigenvalue weighted by Gasteiger charge is -2.33. The van der Waals surface area contributed by atoms with E-state index in [9.17, 15) is 18.0 Å². The molecule has 1 atom stereocenters. The normalized spacial score (nSPS) is 16.9. The zero-order valence-corrected chi connectivity index (χ0v) is 18.2. The summed E-state index contributed by atoms with van der Waals surface area (Å²) >= 11 is 1.17. The monoisotopic (exact) mass is 461 g/mol. The van der Waals surface area contributed by atoms with Crippen molar-refractivity contribution in [1.29, 1.82) is 0 Å². The number of carbonyl (C=O) groups excluding carboxylic acids is 1. The van der Waals surface area contributed by atoms with Gasteiger partial charge in [-0.05, 0) is 56.5 Å². The van der Waals surface area contributed by atoms with Gasteiger partial charge < -0.3 is 4.90 Å². The number of hydrogen-bond donors (Lipinski definition) is 0. The second kappa shape index (κ2) is 9.32. The molecule has 10 heteroatoms. The van der Waals surface area contributed by atoms with Crippen LogP contribution in [0, 0.1) is 0 Å². The molecule has 1 aliphatic heterocycles. The summed E-state index contributed by atoms with van der Waals surface area (Å²) in [6, 6.07) is 8.65. The molecule has 0 saturated carbocycles. The number of likely N-dealkylation sites (tertiary alicyclic amines) is 1. The second-order valence-electron chi connectivity index (χ2n) is 7.65. The SMILES string of the molecule is C[C@@H]1CCCCN1C(=O)CSc1nnc(-c2cccnc2)n1-c1cccc(C(F)(F)F)c1. The highest BCUT2D eigenvalue weighted by Crippen LogP contribution is 2.33. The van der Waals surface area contributed by atoms with Gasteiger partial charge >= 0.3 is 6.18 Å². The van der Waals surface area contributed by atoms with E-state index in [1.807, 2.05) is 11.8 Å². The summed E-state index contributed by atoms with van der Waals surface area (Å²) in [7, 11) is 0. The molecule has 1 saturated heterocycles. The quantitative estimate of drug-likeness (QED) is 0.509. The molecular formula is C22H22F3N5OS. The maximum atomic E-state index is 13.3. The molecule has 1 amide bonds. The van der Waals surface area contributed by atoms with E-state index in [1.165, 1.54) is 17.8 Å². The number of amides is 1. The van der Waals surface area contributed by atoms with Crippen LogP contribution in [-0.4, -0.2) is 48.9 Å². The standard InChI is InChI=1S/C22H22F3N5OS/c1-15-6-2-3-11-29(15)19(31)14-32-21-28-27-20(16-7-5-10-26-13-16)30(21)18-9-4-8-17(12-18)22(23,24)25/h4-5,7-10,12-13,15H,2-3,6,11,14H2,1H3/t15-/m1/s1. The van der Waals surface area contributed by atoms with Crippen LogP contribution >= 0.6 is 11.8 Å². The Hall–Kier alpha value is -2.88. The summed E-state index contributed by atoms with van der Waals surface area (Å²) in [5, 5.41) is 8.75. The van der Waals surface area contributed by atoms with Crippen molar-refractivity contribution in [2.45, 2.75) is 43.6 Å². The van der Waals surface area contributed by atoms with Crippen molar-refractivity contribution in [1.82, 2.24) is 24.6 Å². The Labute approximate surface area is 187 Å². The molecule has 0 bridgehead atoms. The fourth-order valence-electron chi connectivity index (χ4n) is 3.78. The molecule has 0 radical (unpaired) electrons. The van der Waals surface area contributed by atoms with Crippen LogP contribution in [0.25, 0.3) is 17.1 Å². The number of alkyl halides is 3. The van der Waals surface area contributed by atoms with Crippen LogP contribution in [0.2, 0.25) is 0 Å². The molecule has 2 aromatic heterocycles. The molecule has 6 nitrogen and oxygen atoms in total. The van der Waals surface area contributed by atoms with Gasteiger partial charge in [-0.25, -0.2) is 0 Å². The predicted octanol–water partition coefficient (Wildman–Crippen LogP) is 4.84.